The van der Waals surface area contributed by atoms with Gasteiger partial charge in [-0.3, -0.25) is 9.59 Å². The van der Waals surface area contributed by atoms with E-state index in [1.54, 1.807) is 21.1 Å². The highest BCUT2D eigenvalue weighted by molar-refractivity contribution is 5.70. The van der Waals surface area contributed by atoms with Gasteiger partial charge in [0.25, 0.3) is 0 Å². The molecule has 0 heterocycles. The molecule has 8 heteroatoms. The average molecular weight is 830 g/mol. The summed E-state index contributed by atoms with van der Waals surface area (Å²) in [6.45, 7) is 4.54. The number of likely N-dealkylation sites (N-methyl/N-ethyl adjacent to an activating group) is 1. The molecule has 2 atom stereocenters. The zero-order chi connectivity index (χ0) is 43.5. The molecular weight excluding hydrogens is 739 g/mol. The molecule has 0 spiro atoms. The predicted octanol–water partition coefficient (Wildman–Crippen LogP) is 12.3. The highest BCUT2D eigenvalue weighted by Crippen LogP contribution is 2.16. The quantitative estimate of drug-likeness (QED) is 0.0261. The van der Waals surface area contributed by atoms with Gasteiger partial charge in [0.1, 0.15) is 12.6 Å². The summed E-state index contributed by atoms with van der Waals surface area (Å²) in [5, 5.41) is 11.6. The van der Waals surface area contributed by atoms with Crippen molar-refractivity contribution in [2.75, 3.05) is 41.0 Å². The Morgan fingerprint density at radius 1 is 0.525 bits per heavy atom. The lowest BCUT2D eigenvalue weighted by atomic mass is 10.0. The maximum atomic E-state index is 12.7. The third-order valence-corrected chi connectivity index (χ3v) is 10.7. The van der Waals surface area contributed by atoms with E-state index >= 15 is 0 Å². The zero-order valence-electron chi connectivity index (χ0n) is 38.9. The van der Waals surface area contributed by atoms with E-state index in [0.29, 0.717) is 12.8 Å². The van der Waals surface area contributed by atoms with Crippen LogP contribution in [-0.2, 0) is 28.6 Å². The normalized spacial score (nSPS) is 13.3. The van der Waals surface area contributed by atoms with Crippen LogP contribution in [0.2, 0.25) is 0 Å². The van der Waals surface area contributed by atoms with E-state index in [0.717, 1.165) is 77.0 Å². The summed E-state index contributed by atoms with van der Waals surface area (Å²) in [6.07, 6.45) is 49.9. The summed E-state index contributed by atoms with van der Waals surface area (Å²) in [5.74, 6) is -1.76. The van der Waals surface area contributed by atoms with Crippen LogP contribution in [-0.4, -0.2) is 75.5 Å². The van der Waals surface area contributed by atoms with Gasteiger partial charge in [0.05, 0.1) is 40.3 Å². The van der Waals surface area contributed by atoms with Crippen LogP contribution in [0.1, 0.15) is 206 Å². The first kappa shape index (κ1) is 56.3. The van der Waals surface area contributed by atoms with Gasteiger partial charge in [-0.1, -0.05) is 184 Å². The number of ether oxygens (including phenoxy) is 3. The number of carbonyl (C=O) groups excluding carboxylic acids is 3. The van der Waals surface area contributed by atoms with Gasteiger partial charge >= 0.3 is 11.9 Å². The second kappa shape index (κ2) is 42.0. The second-order valence-corrected chi connectivity index (χ2v) is 17.3. The number of hydrogen-bond acceptors (Lipinski definition) is 7. The molecule has 0 rings (SSSR count). The molecule has 0 saturated heterocycles. The standard InChI is InChI=1S/C51H91NO7/c1-6-8-10-12-14-16-18-20-22-24-26-27-29-31-33-35-37-39-41-49(53)58-46-47(45-57-44-43-48(51(55)56)52(3,4)5)59-50(54)42-40-38-36-34-32-30-28-25-23-21-19-17-15-13-11-9-7-2/h9,11,15,17,21,23,28,30,47-48H,6-8,10,12-14,16,18-20,22,24-27,29,31-46H2,1-5H3/b11-9-,17-15-,23-21-,30-28-. The number of allylic oxidation sites excluding steroid dienone is 8. The van der Waals surface area contributed by atoms with Gasteiger partial charge in [-0.25, -0.2) is 0 Å². The van der Waals surface area contributed by atoms with Crippen LogP contribution in [0.4, 0.5) is 0 Å². The number of nitrogens with zero attached hydrogens (tertiary/aromatic N) is 1. The number of rotatable bonds is 43. The lowest BCUT2D eigenvalue weighted by Gasteiger charge is -2.34. The Kier molecular flexibility index (Phi) is 40.1. The van der Waals surface area contributed by atoms with Crippen molar-refractivity contribution in [2.45, 2.75) is 219 Å². The SMILES string of the molecule is CC/C=C\C/C=C\C/C=C\C/C=C\CCCCCCC(=O)OC(COCCC(C(=O)[O-])[N+](C)(C)C)COC(=O)CCCCCCCCCCCCCCCCCCCC. The van der Waals surface area contributed by atoms with Gasteiger partial charge in [0.2, 0.25) is 0 Å². The molecule has 0 radical (unpaired) electrons. The molecule has 59 heavy (non-hydrogen) atoms. The summed E-state index contributed by atoms with van der Waals surface area (Å²) in [7, 11) is 5.40. The first-order valence-electron chi connectivity index (χ1n) is 24.2. The number of carbonyl (C=O) groups is 3. The summed E-state index contributed by atoms with van der Waals surface area (Å²) in [4.78, 5) is 37.0. The minimum atomic E-state index is -1.13. The van der Waals surface area contributed by atoms with Crippen molar-refractivity contribution in [2.24, 2.45) is 0 Å². The van der Waals surface area contributed by atoms with Crippen LogP contribution in [0.15, 0.2) is 48.6 Å². The monoisotopic (exact) mass is 830 g/mol. The summed E-state index contributed by atoms with van der Waals surface area (Å²) >= 11 is 0. The van der Waals surface area contributed by atoms with Crippen molar-refractivity contribution in [1.29, 1.82) is 0 Å². The minimum absolute atomic E-state index is 0.0317. The third kappa shape index (κ3) is 40.5. The molecule has 0 aromatic carbocycles. The fraction of sp³-hybridized carbons (Fsp3) is 0.784. The van der Waals surface area contributed by atoms with Crippen molar-refractivity contribution in [1.82, 2.24) is 0 Å². The van der Waals surface area contributed by atoms with Gasteiger partial charge in [-0.2, -0.15) is 0 Å². The first-order valence-corrected chi connectivity index (χ1v) is 24.2. The predicted molar refractivity (Wildman–Crippen MR) is 245 cm³/mol. The highest BCUT2D eigenvalue weighted by Gasteiger charge is 2.25. The molecule has 0 aromatic heterocycles. The average Bonchev–Trinajstić information content (AvgIpc) is 3.19. The molecule has 0 bridgehead atoms. The van der Waals surface area contributed by atoms with E-state index in [-0.39, 0.29) is 42.7 Å². The van der Waals surface area contributed by atoms with Crippen LogP contribution < -0.4 is 5.11 Å². The smallest absolute Gasteiger partial charge is 0.306 e. The number of esters is 2. The summed E-state index contributed by atoms with van der Waals surface area (Å²) in [6, 6.07) is -0.730. The van der Waals surface area contributed by atoms with Crippen LogP contribution >= 0.6 is 0 Å². The molecule has 2 unspecified atom stereocenters. The van der Waals surface area contributed by atoms with Crippen molar-refractivity contribution < 1.29 is 38.2 Å². The number of quaternary nitrogens is 1. The topological polar surface area (TPSA) is 102 Å². The van der Waals surface area contributed by atoms with Gasteiger partial charge < -0.3 is 28.6 Å². The van der Waals surface area contributed by atoms with Gasteiger partial charge in [-0.05, 0) is 51.4 Å². The third-order valence-electron chi connectivity index (χ3n) is 10.7. The molecule has 0 aromatic rings. The molecule has 0 amide bonds. The molecule has 0 saturated carbocycles. The number of hydrogen-bond donors (Lipinski definition) is 0. The number of unbranched alkanes of at least 4 members (excludes halogenated alkanes) is 21. The molecule has 0 fully saturated rings. The van der Waals surface area contributed by atoms with Gasteiger partial charge in [-0.15, -0.1) is 0 Å². The summed E-state index contributed by atoms with van der Waals surface area (Å²) in [5.41, 5.74) is 0. The highest BCUT2D eigenvalue weighted by atomic mass is 16.6. The molecule has 0 aliphatic heterocycles. The van der Waals surface area contributed by atoms with Crippen molar-refractivity contribution in [3.63, 3.8) is 0 Å². The molecule has 342 valence electrons. The lowest BCUT2D eigenvalue weighted by Crippen LogP contribution is -2.55. The minimum Gasteiger partial charge on any atom is -0.544 e. The van der Waals surface area contributed by atoms with Crippen molar-refractivity contribution in [3.8, 4) is 0 Å². The Morgan fingerprint density at radius 2 is 0.949 bits per heavy atom. The Hall–Kier alpha value is -2.71. The van der Waals surface area contributed by atoms with E-state index in [1.807, 2.05) is 0 Å². The largest absolute Gasteiger partial charge is 0.544 e. The Morgan fingerprint density at radius 3 is 1.41 bits per heavy atom. The van der Waals surface area contributed by atoms with E-state index < -0.39 is 18.1 Å². The van der Waals surface area contributed by atoms with E-state index in [4.69, 9.17) is 14.2 Å². The first-order chi connectivity index (χ1) is 28.6. The molecule has 8 nitrogen and oxygen atoms in total. The Bertz CT molecular complexity index is 1110. The van der Waals surface area contributed by atoms with Crippen molar-refractivity contribution >= 4 is 17.9 Å². The van der Waals surface area contributed by atoms with Crippen LogP contribution in [0.25, 0.3) is 0 Å². The van der Waals surface area contributed by atoms with Crippen LogP contribution in [0.5, 0.6) is 0 Å². The number of carboxylic acid groups (broad SMARTS) is 1. The van der Waals surface area contributed by atoms with E-state index in [9.17, 15) is 19.5 Å². The van der Waals surface area contributed by atoms with Crippen LogP contribution in [0, 0.1) is 0 Å². The van der Waals surface area contributed by atoms with E-state index in [1.165, 1.54) is 96.3 Å². The van der Waals surface area contributed by atoms with E-state index in [2.05, 4.69) is 62.5 Å². The number of carboxylic acids is 1. The fourth-order valence-electron chi connectivity index (χ4n) is 7.00. The van der Waals surface area contributed by atoms with Crippen LogP contribution in [0.3, 0.4) is 0 Å². The van der Waals surface area contributed by atoms with Crippen molar-refractivity contribution in [3.05, 3.63) is 48.6 Å². The Labute approximate surface area is 363 Å². The van der Waals surface area contributed by atoms with Gasteiger partial charge in [0.15, 0.2) is 6.10 Å². The molecule has 0 aliphatic rings. The number of aliphatic carboxylic acids is 1. The molecule has 0 aliphatic carbocycles. The fourth-order valence-corrected chi connectivity index (χ4v) is 7.00. The maximum Gasteiger partial charge on any atom is 0.306 e. The lowest BCUT2D eigenvalue weighted by molar-refractivity contribution is -0.889. The second-order valence-electron chi connectivity index (χ2n) is 17.3. The Balaban J connectivity index is 4.31. The molecular formula is C51H91NO7. The zero-order valence-corrected chi connectivity index (χ0v) is 38.9. The maximum absolute atomic E-state index is 12.7. The molecule has 0 N–H and O–H groups in total. The van der Waals surface area contributed by atoms with Gasteiger partial charge in [0, 0.05) is 19.3 Å². The summed E-state index contributed by atoms with van der Waals surface area (Å²) < 4.78 is 17.2.